The molecule has 21 heavy (non-hydrogen) atoms. The van der Waals surface area contributed by atoms with Crippen LogP contribution in [0.2, 0.25) is 0 Å². The maximum Gasteiger partial charge on any atom is 0.408 e. The van der Waals surface area contributed by atoms with Crippen molar-refractivity contribution in [3.63, 3.8) is 0 Å². The molecule has 1 aromatic carbocycles. The van der Waals surface area contributed by atoms with Gasteiger partial charge < -0.3 is 25.0 Å². The number of carbonyl (C=O) groups excluding carboxylic acids is 1. The first-order valence-electron chi connectivity index (χ1n) is 6.23. The third kappa shape index (κ3) is 4.87. The second kappa shape index (κ2) is 6.34. The number of ether oxygens (including phenoxy) is 2. The lowest BCUT2D eigenvalue weighted by Gasteiger charge is -2.22. The molecule has 0 saturated heterocycles. The smallest absolute Gasteiger partial charge is 0.408 e. The molecule has 0 heterocycles. The average molecular weight is 297 g/mol. The number of hydrogen-bond donors (Lipinski definition) is 3. The van der Waals surface area contributed by atoms with Crippen LogP contribution >= 0.6 is 0 Å². The Hall–Kier alpha value is -2.44. The molecule has 1 atom stereocenters. The van der Waals surface area contributed by atoms with Gasteiger partial charge in [-0.15, -0.1) is 0 Å². The van der Waals surface area contributed by atoms with Gasteiger partial charge in [0.25, 0.3) is 0 Å². The number of methoxy groups -OCH3 is 1. The molecule has 0 saturated carbocycles. The fraction of sp³-hybridized carbons (Fsp3) is 0.429. The molecular weight excluding hydrogens is 278 g/mol. The standard InChI is InChI=1S/C14H19NO6/c1-14(2,3)21-13(19)15-11(12(17)18)8-5-6-9(16)10(7-8)20-4/h5-7,11,16H,1-4H3,(H,15,19)(H,17,18). The lowest BCUT2D eigenvalue weighted by atomic mass is 10.1. The molecule has 116 valence electrons. The minimum atomic E-state index is -1.31. The number of nitrogens with one attached hydrogen (secondary N) is 1. The molecule has 0 aliphatic rings. The van der Waals surface area contributed by atoms with Crippen LogP contribution in [0.25, 0.3) is 0 Å². The first-order chi connectivity index (χ1) is 9.64. The van der Waals surface area contributed by atoms with E-state index in [1.165, 1.54) is 25.3 Å². The molecule has 0 aromatic heterocycles. The van der Waals surface area contributed by atoms with Crippen LogP contribution in [0.3, 0.4) is 0 Å². The molecule has 0 bridgehead atoms. The Morgan fingerprint density at radius 2 is 1.90 bits per heavy atom. The summed E-state index contributed by atoms with van der Waals surface area (Å²) in [5.41, 5.74) is -0.484. The average Bonchev–Trinajstić information content (AvgIpc) is 2.34. The summed E-state index contributed by atoms with van der Waals surface area (Å²) >= 11 is 0. The summed E-state index contributed by atoms with van der Waals surface area (Å²) in [6, 6.07) is 2.70. The predicted octanol–water partition coefficient (Wildman–Crippen LogP) is 2.05. The van der Waals surface area contributed by atoms with E-state index >= 15 is 0 Å². The Morgan fingerprint density at radius 3 is 2.38 bits per heavy atom. The summed E-state index contributed by atoms with van der Waals surface area (Å²) in [4.78, 5) is 23.0. The van der Waals surface area contributed by atoms with Gasteiger partial charge in [-0.3, -0.25) is 0 Å². The summed E-state index contributed by atoms with van der Waals surface area (Å²) in [5.74, 6) is -1.26. The number of amides is 1. The molecule has 1 unspecified atom stereocenters. The largest absolute Gasteiger partial charge is 0.504 e. The molecule has 0 aliphatic heterocycles. The highest BCUT2D eigenvalue weighted by Gasteiger charge is 2.26. The van der Waals surface area contributed by atoms with Gasteiger partial charge in [0, 0.05) is 0 Å². The predicted molar refractivity (Wildman–Crippen MR) is 74.4 cm³/mol. The van der Waals surface area contributed by atoms with E-state index in [0.717, 1.165) is 0 Å². The Labute approximate surface area is 122 Å². The van der Waals surface area contributed by atoms with E-state index in [1.54, 1.807) is 20.8 Å². The monoisotopic (exact) mass is 297 g/mol. The first kappa shape index (κ1) is 16.6. The van der Waals surface area contributed by atoms with Crippen molar-refractivity contribution in [3.05, 3.63) is 23.8 Å². The van der Waals surface area contributed by atoms with Gasteiger partial charge in [-0.05, 0) is 38.5 Å². The minimum absolute atomic E-state index is 0.115. The van der Waals surface area contributed by atoms with Crippen molar-refractivity contribution in [2.75, 3.05) is 7.11 Å². The Kier molecular flexibility index (Phi) is 5.02. The Balaban J connectivity index is 2.97. The third-order valence-electron chi connectivity index (χ3n) is 2.45. The van der Waals surface area contributed by atoms with Crippen molar-refractivity contribution in [1.29, 1.82) is 0 Å². The maximum atomic E-state index is 11.7. The Morgan fingerprint density at radius 1 is 1.29 bits per heavy atom. The van der Waals surface area contributed by atoms with Crippen LogP contribution in [0.1, 0.15) is 32.4 Å². The number of phenols is 1. The van der Waals surface area contributed by atoms with Gasteiger partial charge in [0.05, 0.1) is 7.11 Å². The number of alkyl carbamates (subject to hydrolysis) is 1. The molecular formula is C14H19NO6. The van der Waals surface area contributed by atoms with Gasteiger partial charge in [0.1, 0.15) is 5.60 Å². The second-order valence-electron chi connectivity index (χ2n) is 5.35. The fourth-order valence-electron chi connectivity index (χ4n) is 1.59. The van der Waals surface area contributed by atoms with Crippen molar-refractivity contribution in [2.45, 2.75) is 32.4 Å². The van der Waals surface area contributed by atoms with Gasteiger partial charge in [0.15, 0.2) is 17.5 Å². The molecule has 0 radical (unpaired) electrons. The van der Waals surface area contributed by atoms with Crippen molar-refractivity contribution in [1.82, 2.24) is 5.32 Å². The number of benzene rings is 1. The molecule has 1 amide bonds. The molecule has 0 spiro atoms. The van der Waals surface area contributed by atoms with E-state index < -0.39 is 23.7 Å². The second-order valence-corrected chi connectivity index (χ2v) is 5.35. The normalized spacial score (nSPS) is 12.4. The summed E-state index contributed by atoms with van der Waals surface area (Å²) in [6.45, 7) is 5.02. The van der Waals surface area contributed by atoms with Crippen LogP contribution in [0, 0.1) is 0 Å². The van der Waals surface area contributed by atoms with Crippen LogP contribution < -0.4 is 10.1 Å². The van der Waals surface area contributed by atoms with Crippen molar-refractivity contribution in [3.8, 4) is 11.5 Å². The van der Waals surface area contributed by atoms with Gasteiger partial charge in [-0.25, -0.2) is 9.59 Å². The summed E-state index contributed by atoms with van der Waals surface area (Å²) in [5, 5.41) is 21.0. The molecule has 3 N–H and O–H groups in total. The molecule has 7 nitrogen and oxygen atoms in total. The number of phenolic OH excluding ortho intramolecular Hbond substituents is 1. The van der Waals surface area contributed by atoms with E-state index in [-0.39, 0.29) is 17.1 Å². The fourth-order valence-corrected chi connectivity index (χ4v) is 1.59. The topological polar surface area (TPSA) is 105 Å². The van der Waals surface area contributed by atoms with Crippen molar-refractivity contribution >= 4 is 12.1 Å². The van der Waals surface area contributed by atoms with Crippen molar-refractivity contribution < 1.29 is 29.3 Å². The highest BCUT2D eigenvalue weighted by molar-refractivity contribution is 5.81. The van der Waals surface area contributed by atoms with Gasteiger partial charge >= 0.3 is 12.1 Å². The van der Waals surface area contributed by atoms with E-state index in [9.17, 15) is 19.8 Å². The van der Waals surface area contributed by atoms with Crippen molar-refractivity contribution in [2.24, 2.45) is 0 Å². The summed E-state index contributed by atoms with van der Waals surface area (Å²) < 4.78 is 9.94. The van der Waals surface area contributed by atoms with E-state index in [2.05, 4.69) is 5.32 Å². The molecule has 1 aromatic rings. The van der Waals surface area contributed by atoms with E-state index in [0.29, 0.717) is 0 Å². The highest BCUT2D eigenvalue weighted by atomic mass is 16.6. The zero-order chi connectivity index (χ0) is 16.2. The summed E-state index contributed by atoms with van der Waals surface area (Å²) in [6.07, 6.45) is -0.845. The van der Waals surface area contributed by atoms with Crippen LogP contribution in [-0.2, 0) is 9.53 Å². The summed E-state index contributed by atoms with van der Waals surface area (Å²) in [7, 11) is 1.34. The van der Waals surface area contributed by atoms with Crippen LogP contribution in [-0.4, -0.2) is 35.0 Å². The quantitative estimate of drug-likeness (QED) is 0.785. The van der Waals surface area contributed by atoms with Crippen LogP contribution in [0.5, 0.6) is 11.5 Å². The van der Waals surface area contributed by atoms with Gasteiger partial charge in [0.2, 0.25) is 0 Å². The first-order valence-corrected chi connectivity index (χ1v) is 6.23. The number of hydrogen-bond acceptors (Lipinski definition) is 5. The van der Waals surface area contributed by atoms with Gasteiger partial charge in [-0.2, -0.15) is 0 Å². The number of rotatable bonds is 4. The number of carbonyl (C=O) groups is 2. The number of aromatic hydroxyl groups is 1. The zero-order valence-corrected chi connectivity index (χ0v) is 12.3. The molecule has 0 fully saturated rings. The molecule has 1 rings (SSSR count). The van der Waals surface area contributed by atoms with E-state index in [4.69, 9.17) is 9.47 Å². The number of carboxylic acids is 1. The minimum Gasteiger partial charge on any atom is -0.504 e. The van der Waals surface area contributed by atoms with Crippen LogP contribution in [0.4, 0.5) is 4.79 Å². The van der Waals surface area contributed by atoms with Gasteiger partial charge in [-0.1, -0.05) is 6.07 Å². The Bertz CT molecular complexity index is 535. The lowest BCUT2D eigenvalue weighted by Crippen LogP contribution is -2.38. The number of carboxylic acid groups (broad SMARTS) is 1. The maximum absolute atomic E-state index is 11.7. The third-order valence-corrected chi connectivity index (χ3v) is 2.45. The SMILES string of the molecule is COc1cc(C(NC(=O)OC(C)(C)C)C(=O)O)ccc1O. The molecule has 7 heteroatoms. The zero-order valence-electron chi connectivity index (χ0n) is 12.3. The lowest BCUT2D eigenvalue weighted by molar-refractivity contribution is -0.139. The molecule has 0 aliphatic carbocycles. The van der Waals surface area contributed by atoms with E-state index in [1.807, 2.05) is 0 Å². The van der Waals surface area contributed by atoms with Crippen LogP contribution in [0.15, 0.2) is 18.2 Å². The highest BCUT2D eigenvalue weighted by Crippen LogP contribution is 2.29. The number of aliphatic carboxylic acids is 1.